The largest absolute Gasteiger partial charge is 0.391 e. The highest BCUT2D eigenvalue weighted by Crippen LogP contribution is 2.37. The lowest BCUT2D eigenvalue weighted by Crippen LogP contribution is -2.43. The van der Waals surface area contributed by atoms with E-state index in [0.717, 1.165) is 37.3 Å². The topological polar surface area (TPSA) is 104 Å². The summed E-state index contributed by atoms with van der Waals surface area (Å²) in [5, 5.41) is 16.4. The Morgan fingerprint density at radius 3 is 2.88 bits per heavy atom. The van der Waals surface area contributed by atoms with E-state index in [1.54, 1.807) is 19.3 Å². The van der Waals surface area contributed by atoms with Gasteiger partial charge in [0.25, 0.3) is 5.91 Å². The number of amides is 1. The van der Waals surface area contributed by atoms with Gasteiger partial charge in [0, 0.05) is 42.9 Å². The monoisotopic (exact) mass is 343 g/mol. The van der Waals surface area contributed by atoms with E-state index in [9.17, 15) is 9.90 Å². The molecule has 3 heterocycles. The summed E-state index contributed by atoms with van der Waals surface area (Å²) >= 11 is 0. The number of nitrogens with zero attached hydrogens (tertiary/aromatic N) is 4. The summed E-state index contributed by atoms with van der Waals surface area (Å²) in [6.07, 6.45) is 3.78. The Bertz CT molecular complexity index is 771. The Labute approximate surface area is 145 Å². The van der Waals surface area contributed by atoms with Crippen molar-refractivity contribution >= 4 is 11.7 Å². The number of β-amino-alcohol motifs (C(OH)–C–C–N with tert-alkyl or cyclic N) is 1. The first-order chi connectivity index (χ1) is 12.1. The molecule has 25 heavy (non-hydrogen) atoms. The zero-order valence-corrected chi connectivity index (χ0v) is 14.1. The minimum absolute atomic E-state index is 0.126. The second-order valence-electron chi connectivity index (χ2n) is 6.85. The van der Waals surface area contributed by atoms with Crippen LogP contribution in [0, 0.1) is 6.92 Å². The SMILES string of the molecule is Cc1cc(C(=O)NC2CC(c3cc(N4CC[C@H](O)C4)ncn3)C2)no1. The molecule has 0 bridgehead atoms. The summed E-state index contributed by atoms with van der Waals surface area (Å²) < 4.78 is 4.93. The number of carbonyl (C=O) groups excluding carboxylic acids is 1. The fraction of sp³-hybridized carbons (Fsp3) is 0.529. The number of carbonyl (C=O) groups is 1. The molecule has 0 unspecified atom stereocenters. The van der Waals surface area contributed by atoms with Gasteiger partial charge in [-0.3, -0.25) is 4.79 Å². The molecule has 2 fully saturated rings. The van der Waals surface area contributed by atoms with Crippen LogP contribution in [0.25, 0.3) is 0 Å². The van der Waals surface area contributed by atoms with Gasteiger partial charge in [-0.1, -0.05) is 5.16 Å². The molecule has 0 aromatic carbocycles. The van der Waals surface area contributed by atoms with Crippen LogP contribution in [0.5, 0.6) is 0 Å². The smallest absolute Gasteiger partial charge is 0.273 e. The van der Waals surface area contributed by atoms with Crippen LogP contribution < -0.4 is 10.2 Å². The van der Waals surface area contributed by atoms with Crippen molar-refractivity contribution in [2.75, 3.05) is 18.0 Å². The van der Waals surface area contributed by atoms with E-state index in [0.29, 0.717) is 23.9 Å². The fourth-order valence-corrected chi connectivity index (χ4v) is 3.42. The first kappa shape index (κ1) is 16.0. The van der Waals surface area contributed by atoms with E-state index in [-0.39, 0.29) is 18.1 Å². The zero-order chi connectivity index (χ0) is 17.4. The van der Waals surface area contributed by atoms with Crippen LogP contribution in [-0.4, -0.2) is 51.4 Å². The number of rotatable bonds is 4. The third-order valence-corrected chi connectivity index (χ3v) is 4.91. The van der Waals surface area contributed by atoms with Crippen LogP contribution in [0.2, 0.25) is 0 Å². The highest BCUT2D eigenvalue weighted by molar-refractivity contribution is 5.92. The lowest BCUT2D eigenvalue weighted by molar-refractivity contribution is 0.0899. The molecule has 2 aromatic heterocycles. The van der Waals surface area contributed by atoms with Crippen LogP contribution in [0.15, 0.2) is 23.0 Å². The standard InChI is InChI=1S/C17H21N5O3/c1-10-4-15(21-25-10)17(24)20-12-5-11(6-12)14-7-16(19-9-18-14)22-3-2-13(23)8-22/h4,7,9,11-13,23H,2-3,5-6,8H2,1H3,(H,20,24)/t11?,12?,13-/m0/s1. The fourth-order valence-electron chi connectivity index (χ4n) is 3.42. The van der Waals surface area contributed by atoms with E-state index < -0.39 is 0 Å². The molecule has 8 heteroatoms. The van der Waals surface area contributed by atoms with Gasteiger partial charge in [0.2, 0.25) is 0 Å². The average molecular weight is 343 g/mol. The number of nitrogens with one attached hydrogen (secondary N) is 1. The number of anilines is 1. The van der Waals surface area contributed by atoms with Crippen molar-refractivity contribution in [2.24, 2.45) is 0 Å². The number of aryl methyl sites for hydroxylation is 1. The molecule has 2 N–H and O–H groups in total. The lowest BCUT2D eigenvalue weighted by Gasteiger charge is -2.35. The highest BCUT2D eigenvalue weighted by Gasteiger charge is 2.33. The van der Waals surface area contributed by atoms with Crippen LogP contribution in [0.1, 0.15) is 47.1 Å². The minimum atomic E-state index is -0.276. The Kier molecular flexibility index (Phi) is 4.12. The normalized spacial score (nSPS) is 25.7. The van der Waals surface area contributed by atoms with Gasteiger partial charge in [-0.25, -0.2) is 9.97 Å². The van der Waals surface area contributed by atoms with Gasteiger partial charge in [0.1, 0.15) is 17.9 Å². The van der Waals surface area contributed by atoms with Gasteiger partial charge in [-0.2, -0.15) is 0 Å². The summed E-state index contributed by atoms with van der Waals surface area (Å²) in [7, 11) is 0. The van der Waals surface area contributed by atoms with Crippen LogP contribution >= 0.6 is 0 Å². The van der Waals surface area contributed by atoms with Crippen molar-refractivity contribution in [3.05, 3.63) is 35.6 Å². The molecule has 1 saturated heterocycles. The first-order valence-corrected chi connectivity index (χ1v) is 8.57. The second-order valence-corrected chi connectivity index (χ2v) is 6.85. The molecule has 4 rings (SSSR count). The third-order valence-electron chi connectivity index (χ3n) is 4.91. The number of hydrogen-bond donors (Lipinski definition) is 2. The van der Waals surface area contributed by atoms with Crippen molar-refractivity contribution in [2.45, 2.75) is 44.2 Å². The summed E-state index contributed by atoms with van der Waals surface area (Å²) in [6.45, 7) is 3.20. The third kappa shape index (κ3) is 3.34. The lowest BCUT2D eigenvalue weighted by atomic mass is 9.78. The summed E-state index contributed by atoms with van der Waals surface area (Å²) in [4.78, 5) is 22.9. The zero-order valence-electron chi connectivity index (χ0n) is 14.1. The molecule has 2 aliphatic rings. The summed E-state index contributed by atoms with van der Waals surface area (Å²) in [5.41, 5.74) is 1.31. The molecule has 1 aliphatic heterocycles. The van der Waals surface area contributed by atoms with Gasteiger partial charge in [0.05, 0.1) is 6.10 Å². The van der Waals surface area contributed by atoms with E-state index in [1.807, 2.05) is 6.07 Å². The Balaban J connectivity index is 1.34. The van der Waals surface area contributed by atoms with E-state index in [1.165, 1.54) is 0 Å². The van der Waals surface area contributed by atoms with E-state index >= 15 is 0 Å². The average Bonchev–Trinajstić information content (AvgIpc) is 3.19. The van der Waals surface area contributed by atoms with E-state index in [4.69, 9.17) is 4.52 Å². The van der Waals surface area contributed by atoms with Gasteiger partial charge in [0.15, 0.2) is 5.69 Å². The van der Waals surface area contributed by atoms with Crippen molar-refractivity contribution in [3.8, 4) is 0 Å². The molecule has 1 aliphatic carbocycles. The molecular formula is C17H21N5O3. The second kappa shape index (κ2) is 6.44. The Morgan fingerprint density at radius 2 is 2.20 bits per heavy atom. The van der Waals surface area contributed by atoms with Crippen molar-refractivity contribution in [1.82, 2.24) is 20.4 Å². The number of aliphatic hydroxyl groups excluding tert-OH is 1. The van der Waals surface area contributed by atoms with Crippen molar-refractivity contribution in [3.63, 3.8) is 0 Å². The number of aromatic nitrogens is 3. The van der Waals surface area contributed by atoms with Crippen LogP contribution in [-0.2, 0) is 0 Å². The summed E-state index contributed by atoms with van der Waals surface area (Å²) in [5.74, 6) is 1.61. The molecule has 1 amide bonds. The molecule has 1 atom stereocenters. The number of aliphatic hydroxyl groups is 1. The number of hydrogen-bond acceptors (Lipinski definition) is 7. The Morgan fingerprint density at radius 1 is 1.36 bits per heavy atom. The van der Waals surface area contributed by atoms with Crippen LogP contribution in [0.4, 0.5) is 5.82 Å². The first-order valence-electron chi connectivity index (χ1n) is 8.57. The highest BCUT2D eigenvalue weighted by atomic mass is 16.5. The Hall–Kier alpha value is -2.48. The van der Waals surface area contributed by atoms with Gasteiger partial charge in [-0.05, 0) is 26.2 Å². The van der Waals surface area contributed by atoms with Crippen molar-refractivity contribution in [1.29, 1.82) is 0 Å². The van der Waals surface area contributed by atoms with Crippen LogP contribution in [0.3, 0.4) is 0 Å². The molecule has 0 spiro atoms. The maximum Gasteiger partial charge on any atom is 0.273 e. The predicted octanol–water partition coefficient (Wildman–Crippen LogP) is 1.02. The van der Waals surface area contributed by atoms with Crippen molar-refractivity contribution < 1.29 is 14.4 Å². The molecule has 2 aromatic rings. The molecule has 0 radical (unpaired) electrons. The maximum absolute atomic E-state index is 12.1. The summed E-state index contributed by atoms with van der Waals surface area (Å²) in [6, 6.07) is 3.76. The molecule has 8 nitrogen and oxygen atoms in total. The molecular weight excluding hydrogens is 322 g/mol. The quantitative estimate of drug-likeness (QED) is 0.854. The maximum atomic E-state index is 12.1. The molecule has 1 saturated carbocycles. The van der Waals surface area contributed by atoms with Gasteiger partial charge in [-0.15, -0.1) is 0 Å². The van der Waals surface area contributed by atoms with Gasteiger partial charge < -0.3 is 19.8 Å². The molecule has 132 valence electrons. The van der Waals surface area contributed by atoms with E-state index in [2.05, 4.69) is 25.3 Å². The predicted molar refractivity (Wildman–Crippen MR) is 89.3 cm³/mol. The minimum Gasteiger partial charge on any atom is -0.391 e. The van der Waals surface area contributed by atoms with Gasteiger partial charge >= 0.3 is 0 Å².